The molecule has 1 aliphatic rings. The van der Waals surface area contributed by atoms with Gasteiger partial charge in [0.1, 0.15) is 4.91 Å². The summed E-state index contributed by atoms with van der Waals surface area (Å²) in [6, 6.07) is 5.55. The molecule has 0 bridgehead atoms. The molecule has 4 heteroatoms. The van der Waals surface area contributed by atoms with Crippen molar-refractivity contribution in [1.82, 2.24) is 0 Å². The molecule has 92 valence electrons. The van der Waals surface area contributed by atoms with Gasteiger partial charge in [0.15, 0.2) is 0 Å². The van der Waals surface area contributed by atoms with Crippen LogP contribution in [0.1, 0.15) is 30.5 Å². The van der Waals surface area contributed by atoms with Gasteiger partial charge >= 0.3 is 0 Å². The Labute approximate surface area is 102 Å². The highest BCUT2D eigenvalue weighted by Crippen LogP contribution is 2.38. The van der Waals surface area contributed by atoms with Crippen molar-refractivity contribution in [3.05, 3.63) is 40.5 Å². The predicted molar refractivity (Wildman–Crippen MR) is 68.2 cm³/mol. The molecule has 0 spiro atoms. The Bertz CT molecular complexity index is 597. The summed E-state index contributed by atoms with van der Waals surface area (Å²) in [6.45, 7) is 5.72. The van der Waals surface area contributed by atoms with Gasteiger partial charge in [-0.15, -0.1) is 0 Å². The molecule has 2 rings (SSSR count). The second-order valence-corrected chi connectivity index (χ2v) is 6.05. The number of hydrogen-bond acceptors (Lipinski definition) is 2. The zero-order valence-electron chi connectivity index (χ0n) is 10.2. The SMILES string of the molecule is CC1=C(S(=O)(=O)O)c2cccc(C)c2CC1C. The molecule has 1 unspecified atom stereocenters. The van der Waals surface area contributed by atoms with E-state index in [0.717, 1.165) is 23.1 Å². The number of fused-ring (bicyclic) bond motifs is 1. The standard InChI is InChI=1S/C13H16O3S/c1-8-5-4-6-11-12(8)7-9(2)10(3)13(11)17(14,15)16/h4-6,9H,7H2,1-3H3,(H,14,15,16). The van der Waals surface area contributed by atoms with Crippen LogP contribution in [0.5, 0.6) is 0 Å². The van der Waals surface area contributed by atoms with Crippen molar-refractivity contribution in [3.8, 4) is 0 Å². The van der Waals surface area contributed by atoms with E-state index in [2.05, 4.69) is 0 Å². The first-order valence-electron chi connectivity index (χ1n) is 5.59. The molecule has 0 fully saturated rings. The molecule has 0 saturated heterocycles. The second kappa shape index (κ2) is 3.96. The van der Waals surface area contributed by atoms with Crippen molar-refractivity contribution in [1.29, 1.82) is 0 Å². The van der Waals surface area contributed by atoms with Crippen molar-refractivity contribution in [3.63, 3.8) is 0 Å². The maximum atomic E-state index is 11.5. The van der Waals surface area contributed by atoms with Crippen LogP contribution in [-0.4, -0.2) is 13.0 Å². The lowest BCUT2D eigenvalue weighted by Gasteiger charge is -2.26. The Morgan fingerprint density at radius 3 is 2.53 bits per heavy atom. The fraction of sp³-hybridized carbons (Fsp3) is 0.385. The summed E-state index contributed by atoms with van der Waals surface area (Å²) >= 11 is 0. The van der Waals surface area contributed by atoms with Crippen LogP contribution in [0.2, 0.25) is 0 Å². The first kappa shape index (κ1) is 12.3. The van der Waals surface area contributed by atoms with Crippen LogP contribution in [0.3, 0.4) is 0 Å². The topological polar surface area (TPSA) is 54.4 Å². The van der Waals surface area contributed by atoms with Crippen LogP contribution in [0.15, 0.2) is 23.8 Å². The summed E-state index contributed by atoms with van der Waals surface area (Å²) < 4.78 is 32.4. The third kappa shape index (κ3) is 2.03. The molecule has 0 heterocycles. The van der Waals surface area contributed by atoms with E-state index in [1.807, 2.05) is 26.0 Å². The molecule has 0 saturated carbocycles. The first-order valence-corrected chi connectivity index (χ1v) is 7.03. The number of hydrogen-bond donors (Lipinski definition) is 1. The monoisotopic (exact) mass is 252 g/mol. The van der Waals surface area contributed by atoms with Gasteiger partial charge in [-0.25, -0.2) is 0 Å². The average molecular weight is 252 g/mol. The lowest BCUT2D eigenvalue weighted by atomic mass is 9.83. The summed E-state index contributed by atoms with van der Waals surface area (Å²) in [6.07, 6.45) is 0.826. The Morgan fingerprint density at radius 2 is 1.94 bits per heavy atom. The Kier molecular flexibility index (Phi) is 2.87. The molecular formula is C13H16O3S. The molecule has 0 radical (unpaired) electrons. The van der Waals surface area contributed by atoms with Gasteiger partial charge in [0.25, 0.3) is 10.1 Å². The van der Waals surface area contributed by atoms with Crippen molar-refractivity contribution in [2.75, 3.05) is 0 Å². The first-order chi connectivity index (χ1) is 7.82. The summed E-state index contributed by atoms with van der Waals surface area (Å²) in [5.41, 5.74) is 3.50. The third-order valence-electron chi connectivity index (χ3n) is 3.52. The van der Waals surface area contributed by atoms with E-state index in [1.165, 1.54) is 0 Å². The van der Waals surface area contributed by atoms with Crippen LogP contribution in [-0.2, 0) is 16.5 Å². The van der Waals surface area contributed by atoms with E-state index in [-0.39, 0.29) is 10.8 Å². The molecule has 3 nitrogen and oxygen atoms in total. The lowest BCUT2D eigenvalue weighted by molar-refractivity contribution is 0.494. The van der Waals surface area contributed by atoms with E-state index in [1.54, 1.807) is 13.0 Å². The Balaban J connectivity index is 2.81. The van der Waals surface area contributed by atoms with E-state index < -0.39 is 10.1 Å². The summed E-state index contributed by atoms with van der Waals surface area (Å²) in [4.78, 5) is 0.0925. The molecule has 1 aromatic carbocycles. The largest absolute Gasteiger partial charge is 0.295 e. The van der Waals surface area contributed by atoms with Crippen LogP contribution >= 0.6 is 0 Å². The maximum Gasteiger partial charge on any atom is 0.295 e. The molecule has 0 amide bonds. The number of rotatable bonds is 1. The lowest BCUT2D eigenvalue weighted by Crippen LogP contribution is -2.17. The van der Waals surface area contributed by atoms with Crippen molar-refractivity contribution < 1.29 is 13.0 Å². The van der Waals surface area contributed by atoms with E-state index >= 15 is 0 Å². The summed E-state index contributed by atoms with van der Waals surface area (Å²) in [5, 5.41) is 0. The highest BCUT2D eigenvalue weighted by atomic mass is 32.2. The van der Waals surface area contributed by atoms with E-state index in [9.17, 15) is 13.0 Å². The van der Waals surface area contributed by atoms with Crippen LogP contribution < -0.4 is 0 Å². The molecule has 0 aromatic heterocycles. The molecule has 1 N–H and O–H groups in total. The Morgan fingerprint density at radius 1 is 1.29 bits per heavy atom. The summed E-state index contributed by atoms with van der Waals surface area (Å²) in [5.74, 6) is 0.139. The van der Waals surface area contributed by atoms with Gasteiger partial charge in [0, 0.05) is 0 Å². The Hall–Kier alpha value is -1.13. The van der Waals surface area contributed by atoms with E-state index in [4.69, 9.17) is 0 Å². The fourth-order valence-corrected chi connectivity index (χ4v) is 3.50. The smallest absolute Gasteiger partial charge is 0.282 e. The molecule has 1 aromatic rings. The second-order valence-electron chi connectivity index (χ2n) is 4.69. The molecule has 0 aliphatic heterocycles. The van der Waals surface area contributed by atoms with Gasteiger partial charge in [-0.1, -0.05) is 25.1 Å². The van der Waals surface area contributed by atoms with Gasteiger partial charge in [-0.3, -0.25) is 4.55 Å². The molecule has 17 heavy (non-hydrogen) atoms. The van der Waals surface area contributed by atoms with Crippen LogP contribution in [0.4, 0.5) is 0 Å². The molecular weight excluding hydrogens is 236 g/mol. The zero-order chi connectivity index (χ0) is 12.8. The minimum Gasteiger partial charge on any atom is -0.282 e. The van der Waals surface area contributed by atoms with Gasteiger partial charge in [0.05, 0.1) is 0 Å². The van der Waals surface area contributed by atoms with Crippen molar-refractivity contribution in [2.45, 2.75) is 27.2 Å². The fourth-order valence-electron chi connectivity index (χ4n) is 2.42. The normalized spacial score (nSPS) is 20.4. The summed E-state index contributed by atoms with van der Waals surface area (Å²) in [7, 11) is -4.16. The van der Waals surface area contributed by atoms with Crippen LogP contribution in [0.25, 0.3) is 4.91 Å². The molecule has 1 aliphatic carbocycles. The van der Waals surface area contributed by atoms with Gasteiger partial charge in [-0.2, -0.15) is 8.42 Å². The highest BCUT2D eigenvalue weighted by molar-refractivity contribution is 7.95. The molecule has 1 atom stereocenters. The zero-order valence-corrected chi connectivity index (χ0v) is 11.0. The van der Waals surface area contributed by atoms with Gasteiger partial charge in [-0.05, 0) is 48.4 Å². The van der Waals surface area contributed by atoms with Crippen molar-refractivity contribution >= 4 is 15.0 Å². The maximum absolute atomic E-state index is 11.5. The van der Waals surface area contributed by atoms with Crippen molar-refractivity contribution in [2.24, 2.45) is 5.92 Å². The van der Waals surface area contributed by atoms with Gasteiger partial charge < -0.3 is 0 Å². The number of aryl methyl sites for hydroxylation is 1. The van der Waals surface area contributed by atoms with E-state index in [0.29, 0.717) is 5.56 Å². The van der Waals surface area contributed by atoms with Gasteiger partial charge in [0.2, 0.25) is 0 Å². The average Bonchev–Trinajstić information content (AvgIpc) is 2.19. The highest BCUT2D eigenvalue weighted by Gasteiger charge is 2.29. The number of benzene rings is 1. The quantitative estimate of drug-likeness (QED) is 0.782. The minimum atomic E-state index is -4.16. The van der Waals surface area contributed by atoms with Crippen LogP contribution in [0, 0.1) is 12.8 Å². The third-order valence-corrected chi connectivity index (χ3v) is 4.58. The minimum absolute atomic E-state index is 0.0925. The number of allylic oxidation sites excluding steroid dienone is 1. The predicted octanol–water partition coefficient (Wildman–Crippen LogP) is 2.81.